The van der Waals surface area contributed by atoms with E-state index in [-0.39, 0.29) is 0 Å². The van der Waals surface area contributed by atoms with Gasteiger partial charge in [-0.25, -0.2) is 14.6 Å². The standard InChI is InChI=1S/C13H18BrN5O/c1-9-12(14)10(2)19(18-9)13-16-7-11(8-17-13)6-15-4-5-20-3/h7-8,15H,4-6H2,1-3H3. The Morgan fingerprint density at radius 3 is 2.55 bits per heavy atom. The third kappa shape index (κ3) is 3.41. The first-order valence-electron chi connectivity index (χ1n) is 6.36. The summed E-state index contributed by atoms with van der Waals surface area (Å²) in [5.74, 6) is 0.581. The molecule has 0 saturated carbocycles. The lowest BCUT2D eigenvalue weighted by molar-refractivity contribution is 0.199. The second-order valence-corrected chi connectivity index (χ2v) is 5.25. The van der Waals surface area contributed by atoms with Gasteiger partial charge in [-0.1, -0.05) is 0 Å². The molecule has 0 bridgehead atoms. The number of aryl methyl sites for hydroxylation is 1. The Hall–Kier alpha value is -1.31. The van der Waals surface area contributed by atoms with Crippen LogP contribution >= 0.6 is 15.9 Å². The largest absolute Gasteiger partial charge is 0.383 e. The number of hydrogen-bond acceptors (Lipinski definition) is 5. The molecule has 2 rings (SSSR count). The Morgan fingerprint density at radius 1 is 1.30 bits per heavy atom. The Bertz CT molecular complexity index is 567. The van der Waals surface area contributed by atoms with Crippen LogP contribution in [0.3, 0.4) is 0 Å². The zero-order chi connectivity index (χ0) is 14.5. The number of methoxy groups -OCH3 is 1. The third-order valence-corrected chi connectivity index (χ3v) is 4.04. The van der Waals surface area contributed by atoms with Crippen LogP contribution in [0.1, 0.15) is 17.0 Å². The second-order valence-electron chi connectivity index (χ2n) is 4.46. The van der Waals surface area contributed by atoms with Gasteiger partial charge in [0.2, 0.25) is 0 Å². The van der Waals surface area contributed by atoms with Crippen LogP contribution in [-0.2, 0) is 11.3 Å². The fraction of sp³-hybridized carbons (Fsp3) is 0.462. The Labute approximate surface area is 126 Å². The van der Waals surface area contributed by atoms with Crippen molar-refractivity contribution in [2.24, 2.45) is 0 Å². The summed E-state index contributed by atoms with van der Waals surface area (Å²) in [5, 5.41) is 7.66. The summed E-state index contributed by atoms with van der Waals surface area (Å²) >= 11 is 3.50. The molecule has 0 spiro atoms. The molecule has 6 nitrogen and oxygen atoms in total. The van der Waals surface area contributed by atoms with Crippen molar-refractivity contribution in [3.63, 3.8) is 0 Å². The molecular formula is C13H18BrN5O. The van der Waals surface area contributed by atoms with Gasteiger partial charge in [0, 0.05) is 38.2 Å². The van der Waals surface area contributed by atoms with E-state index in [4.69, 9.17) is 4.74 Å². The van der Waals surface area contributed by atoms with Gasteiger partial charge in [-0.15, -0.1) is 0 Å². The third-order valence-electron chi connectivity index (χ3n) is 2.90. The number of hydrogen-bond donors (Lipinski definition) is 1. The summed E-state index contributed by atoms with van der Waals surface area (Å²) < 4.78 is 7.70. The van der Waals surface area contributed by atoms with Crippen LogP contribution < -0.4 is 5.32 Å². The van der Waals surface area contributed by atoms with E-state index < -0.39 is 0 Å². The Kier molecular flexibility index (Phi) is 5.22. The molecule has 0 unspecified atom stereocenters. The molecule has 0 amide bonds. The molecule has 2 aromatic rings. The van der Waals surface area contributed by atoms with Gasteiger partial charge in [0.15, 0.2) is 0 Å². The van der Waals surface area contributed by atoms with Gasteiger partial charge < -0.3 is 10.1 Å². The molecule has 0 atom stereocenters. The Balaban J connectivity index is 2.06. The number of aromatic nitrogens is 4. The molecule has 2 aromatic heterocycles. The molecule has 0 aliphatic rings. The normalized spacial score (nSPS) is 11.0. The summed E-state index contributed by atoms with van der Waals surface area (Å²) in [6.45, 7) is 6.15. The maximum Gasteiger partial charge on any atom is 0.250 e. The van der Waals surface area contributed by atoms with E-state index in [1.54, 1.807) is 11.8 Å². The van der Waals surface area contributed by atoms with Gasteiger partial charge >= 0.3 is 0 Å². The van der Waals surface area contributed by atoms with Gasteiger partial charge in [0.05, 0.1) is 22.5 Å². The van der Waals surface area contributed by atoms with Crippen molar-refractivity contribution in [2.75, 3.05) is 20.3 Å². The van der Waals surface area contributed by atoms with E-state index in [1.165, 1.54) is 0 Å². The zero-order valence-electron chi connectivity index (χ0n) is 11.9. The van der Waals surface area contributed by atoms with E-state index in [0.29, 0.717) is 12.6 Å². The highest BCUT2D eigenvalue weighted by molar-refractivity contribution is 9.10. The van der Waals surface area contributed by atoms with Crippen LogP contribution in [0.2, 0.25) is 0 Å². The van der Waals surface area contributed by atoms with Crippen LogP contribution in [0.15, 0.2) is 16.9 Å². The first-order chi connectivity index (χ1) is 9.63. The van der Waals surface area contributed by atoms with Gasteiger partial charge in [-0.2, -0.15) is 5.10 Å². The number of nitrogens with one attached hydrogen (secondary N) is 1. The van der Waals surface area contributed by atoms with Crippen molar-refractivity contribution in [1.82, 2.24) is 25.1 Å². The Morgan fingerprint density at radius 2 is 2.00 bits per heavy atom. The molecule has 20 heavy (non-hydrogen) atoms. The average Bonchev–Trinajstić information content (AvgIpc) is 2.72. The number of rotatable bonds is 6. The fourth-order valence-electron chi connectivity index (χ4n) is 1.77. The predicted octanol–water partition coefficient (Wildman–Crippen LogP) is 1.78. The summed E-state index contributed by atoms with van der Waals surface area (Å²) in [6.07, 6.45) is 3.62. The lowest BCUT2D eigenvalue weighted by Gasteiger charge is -2.05. The van der Waals surface area contributed by atoms with E-state index in [1.807, 2.05) is 26.2 Å². The van der Waals surface area contributed by atoms with Crippen LogP contribution in [0.5, 0.6) is 0 Å². The molecule has 0 saturated heterocycles. The van der Waals surface area contributed by atoms with Crippen molar-refractivity contribution in [1.29, 1.82) is 0 Å². The highest BCUT2D eigenvalue weighted by Gasteiger charge is 2.11. The molecule has 0 aromatic carbocycles. The quantitative estimate of drug-likeness (QED) is 0.812. The zero-order valence-corrected chi connectivity index (χ0v) is 13.4. The first kappa shape index (κ1) is 15.1. The van der Waals surface area contributed by atoms with E-state index >= 15 is 0 Å². The smallest absolute Gasteiger partial charge is 0.250 e. The molecule has 108 valence electrons. The van der Waals surface area contributed by atoms with Gasteiger partial charge in [0.1, 0.15) is 0 Å². The minimum atomic E-state index is 0.581. The predicted molar refractivity (Wildman–Crippen MR) is 79.9 cm³/mol. The molecule has 0 aliphatic heterocycles. The van der Waals surface area contributed by atoms with Gasteiger partial charge in [-0.05, 0) is 29.8 Å². The summed E-state index contributed by atoms with van der Waals surface area (Å²) in [5.41, 5.74) is 2.95. The summed E-state index contributed by atoms with van der Waals surface area (Å²) in [4.78, 5) is 8.72. The molecule has 1 N–H and O–H groups in total. The number of nitrogens with zero attached hydrogens (tertiary/aromatic N) is 4. The number of halogens is 1. The average molecular weight is 340 g/mol. The lowest BCUT2D eigenvalue weighted by Crippen LogP contribution is -2.19. The fourth-order valence-corrected chi connectivity index (χ4v) is 2.02. The van der Waals surface area contributed by atoms with Crippen molar-refractivity contribution in [2.45, 2.75) is 20.4 Å². The minimum Gasteiger partial charge on any atom is -0.383 e. The summed E-state index contributed by atoms with van der Waals surface area (Å²) in [6, 6.07) is 0. The van der Waals surface area contributed by atoms with Crippen molar-refractivity contribution < 1.29 is 4.74 Å². The maximum atomic E-state index is 4.97. The minimum absolute atomic E-state index is 0.581. The number of ether oxygens (including phenoxy) is 1. The van der Waals surface area contributed by atoms with Crippen molar-refractivity contribution in [3.05, 3.63) is 33.8 Å². The second kappa shape index (κ2) is 6.92. The molecule has 0 aliphatic carbocycles. The highest BCUT2D eigenvalue weighted by Crippen LogP contribution is 2.21. The van der Waals surface area contributed by atoms with Crippen molar-refractivity contribution >= 4 is 15.9 Å². The molecule has 7 heteroatoms. The van der Waals surface area contributed by atoms with Gasteiger partial charge in [-0.3, -0.25) is 0 Å². The van der Waals surface area contributed by atoms with Crippen LogP contribution in [0.25, 0.3) is 5.95 Å². The molecule has 0 radical (unpaired) electrons. The highest BCUT2D eigenvalue weighted by atomic mass is 79.9. The van der Waals surface area contributed by atoms with E-state index in [9.17, 15) is 0 Å². The van der Waals surface area contributed by atoms with Crippen LogP contribution in [-0.4, -0.2) is 40.0 Å². The molecular weight excluding hydrogens is 322 g/mol. The van der Waals surface area contributed by atoms with Crippen LogP contribution in [0, 0.1) is 13.8 Å². The monoisotopic (exact) mass is 339 g/mol. The summed E-state index contributed by atoms with van der Waals surface area (Å²) in [7, 11) is 1.69. The van der Waals surface area contributed by atoms with Crippen LogP contribution in [0.4, 0.5) is 0 Å². The molecule has 0 fully saturated rings. The lowest BCUT2D eigenvalue weighted by atomic mass is 10.3. The topological polar surface area (TPSA) is 64.9 Å². The molecule has 2 heterocycles. The van der Waals surface area contributed by atoms with Gasteiger partial charge in [0.25, 0.3) is 5.95 Å². The van der Waals surface area contributed by atoms with E-state index in [2.05, 4.69) is 36.3 Å². The SMILES string of the molecule is COCCNCc1cnc(-n2nc(C)c(Br)c2C)nc1. The maximum absolute atomic E-state index is 4.97. The van der Waals surface area contributed by atoms with E-state index in [0.717, 1.165) is 34.5 Å². The first-order valence-corrected chi connectivity index (χ1v) is 7.15. The van der Waals surface area contributed by atoms with Crippen molar-refractivity contribution in [3.8, 4) is 5.95 Å².